The average Bonchev–Trinajstić information content (AvgIpc) is 2.72. The number of carboxylic acids is 1. The molecule has 0 atom stereocenters. The van der Waals surface area contributed by atoms with Gasteiger partial charge in [0.05, 0.1) is 12.2 Å². The number of aliphatic carboxylic acids is 1. The molecule has 0 radical (unpaired) electrons. The number of rotatable bonds is 7. The topological polar surface area (TPSA) is 130 Å². The second-order valence-corrected chi connectivity index (χ2v) is 6.22. The van der Waals surface area contributed by atoms with Gasteiger partial charge in [0, 0.05) is 11.6 Å². The zero-order valence-corrected chi connectivity index (χ0v) is 15.3. The van der Waals surface area contributed by atoms with Gasteiger partial charge in [-0.15, -0.1) is 0 Å². The molecule has 3 aromatic rings. The molecule has 0 bridgehead atoms. The van der Waals surface area contributed by atoms with E-state index in [1.165, 1.54) is 6.07 Å². The number of carbonyl (C=O) groups excluding carboxylic acids is 2. The lowest BCUT2D eigenvalue weighted by atomic mass is 10.1. The number of carbonyl (C=O) groups is 3. The minimum Gasteiger partial charge on any atom is -0.480 e. The lowest BCUT2D eigenvalue weighted by Gasteiger charge is -2.09. The fraction of sp³-hybridized carbons (Fsp3) is 0.150. The summed E-state index contributed by atoms with van der Waals surface area (Å²) in [5, 5.41) is 19.3. The fourth-order valence-corrected chi connectivity index (χ4v) is 2.67. The molecular weight excluding hydrogens is 376 g/mol. The molecule has 1 heterocycles. The number of carboxylic acid groups (broad SMARTS) is 1. The van der Waals surface area contributed by atoms with Gasteiger partial charge in [-0.2, -0.15) is 5.10 Å². The number of hydrogen-bond acceptors (Lipinski definition) is 5. The Balaban J connectivity index is 1.70. The lowest BCUT2D eigenvalue weighted by Crippen LogP contribution is -2.41. The molecule has 2 amide bonds. The minimum atomic E-state index is -1.19. The third-order valence-electron chi connectivity index (χ3n) is 4.09. The van der Waals surface area contributed by atoms with Gasteiger partial charge in [-0.05, 0) is 22.9 Å². The van der Waals surface area contributed by atoms with Gasteiger partial charge in [0.1, 0.15) is 13.1 Å². The summed E-state index contributed by atoms with van der Waals surface area (Å²) in [5.74, 6) is -2.43. The fourth-order valence-electron chi connectivity index (χ4n) is 2.67. The Kier molecular flexibility index (Phi) is 5.98. The molecule has 0 unspecified atom stereocenters. The first-order valence-electron chi connectivity index (χ1n) is 8.75. The van der Waals surface area contributed by atoms with Gasteiger partial charge in [-0.1, -0.05) is 36.4 Å². The van der Waals surface area contributed by atoms with Gasteiger partial charge in [-0.3, -0.25) is 19.2 Å². The van der Waals surface area contributed by atoms with Crippen LogP contribution in [0.5, 0.6) is 0 Å². The van der Waals surface area contributed by atoms with Crippen molar-refractivity contribution in [3.8, 4) is 11.3 Å². The number of benzene rings is 2. The van der Waals surface area contributed by atoms with E-state index < -0.39 is 36.4 Å². The zero-order chi connectivity index (χ0) is 20.8. The van der Waals surface area contributed by atoms with Crippen LogP contribution in [0.25, 0.3) is 22.0 Å². The Labute approximate surface area is 165 Å². The van der Waals surface area contributed by atoms with Crippen LogP contribution in [0.1, 0.15) is 0 Å². The summed E-state index contributed by atoms with van der Waals surface area (Å²) in [5.41, 5.74) is 0.869. The molecular formula is C20H18N4O5. The second-order valence-electron chi connectivity index (χ2n) is 6.22. The molecule has 0 saturated heterocycles. The van der Waals surface area contributed by atoms with E-state index in [1.807, 2.05) is 42.5 Å². The van der Waals surface area contributed by atoms with Crippen LogP contribution >= 0.6 is 0 Å². The van der Waals surface area contributed by atoms with Crippen molar-refractivity contribution in [1.82, 2.24) is 20.4 Å². The number of amides is 2. The minimum absolute atomic E-state index is 0.369. The standard InChI is InChI=1S/C20H18N4O5/c25-17(22-11-20(28)29)10-21-18(26)12-24-19(27)8-7-16(23-24)15-6-5-13-3-1-2-4-14(13)9-15/h1-9H,10-12H2,(H,21,26)(H,22,25)(H,28,29). The molecule has 9 nitrogen and oxygen atoms in total. The Bertz CT molecular complexity index is 1140. The highest BCUT2D eigenvalue weighted by Gasteiger charge is 2.10. The number of fused-ring (bicyclic) bond motifs is 1. The van der Waals surface area contributed by atoms with Crippen molar-refractivity contribution in [2.45, 2.75) is 6.54 Å². The average molecular weight is 394 g/mol. The van der Waals surface area contributed by atoms with E-state index >= 15 is 0 Å². The van der Waals surface area contributed by atoms with Crippen LogP contribution < -0.4 is 16.2 Å². The van der Waals surface area contributed by atoms with Crippen LogP contribution in [-0.2, 0) is 20.9 Å². The molecule has 3 N–H and O–H groups in total. The smallest absolute Gasteiger partial charge is 0.322 e. The second kappa shape index (κ2) is 8.79. The Morgan fingerprint density at radius 3 is 2.38 bits per heavy atom. The molecule has 3 rings (SSSR count). The molecule has 2 aromatic carbocycles. The van der Waals surface area contributed by atoms with Crippen LogP contribution in [-0.4, -0.2) is 45.8 Å². The monoisotopic (exact) mass is 394 g/mol. The van der Waals surface area contributed by atoms with Gasteiger partial charge >= 0.3 is 5.97 Å². The van der Waals surface area contributed by atoms with E-state index in [-0.39, 0.29) is 6.54 Å². The molecule has 0 aliphatic carbocycles. The first-order valence-corrected chi connectivity index (χ1v) is 8.75. The first-order chi connectivity index (χ1) is 13.9. The maximum absolute atomic E-state index is 12.0. The zero-order valence-electron chi connectivity index (χ0n) is 15.3. The SMILES string of the molecule is O=C(O)CNC(=O)CNC(=O)Cn1nc(-c2ccc3ccccc3c2)ccc1=O. The van der Waals surface area contributed by atoms with Crippen LogP contribution in [0.2, 0.25) is 0 Å². The highest BCUT2D eigenvalue weighted by molar-refractivity contribution is 5.87. The van der Waals surface area contributed by atoms with Crippen molar-refractivity contribution in [1.29, 1.82) is 0 Å². The number of nitrogens with one attached hydrogen (secondary N) is 2. The third kappa shape index (κ3) is 5.25. The summed E-state index contributed by atoms with van der Waals surface area (Å²) in [4.78, 5) is 45.9. The largest absolute Gasteiger partial charge is 0.480 e. The lowest BCUT2D eigenvalue weighted by molar-refractivity contribution is -0.137. The van der Waals surface area contributed by atoms with Crippen molar-refractivity contribution in [3.63, 3.8) is 0 Å². The Hall–Kier alpha value is -4.01. The summed E-state index contributed by atoms with van der Waals surface area (Å²) in [6.07, 6.45) is 0. The molecule has 9 heteroatoms. The van der Waals surface area contributed by atoms with E-state index in [0.29, 0.717) is 5.69 Å². The Morgan fingerprint density at radius 1 is 0.897 bits per heavy atom. The normalized spacial score (nSPS) is 10.5. The van der Waals surface area contributed by atoms with Crippen LogP contribution in [0.3, 0.4) is 0 Å². The van der Waals surface area contributed by atoms with Gasteiger partial charge in [0.15, 0.2) is 0 Å². The molecule has 0 spiro atoms. The predicted molar refractivity (Wildman–Crippen MR) is 105 cm³/mol. The summed E-state index contributed by atoms with van der Waals surface area (Å²) in [6, 6.07) is 16.5. The maximum atomic E-state index is 12.0. The van der Waals surface area contributed by atoms with Gasteiger partial charge in [0.2, 0.25) is 11.8 Å². The summed E-state index contributed by atoms with van der Waals surface area (Å²) < 4.78 is 1.01. The molecule has 29 heavy (non-hydrogen) atoms. The Morgan fingerprint density at radius 2 is 1.62 bits per heavy atom. The van der Waals surface area contributed by atoms with E-state index in [9.17, 15) is 19.2 Å². The molecule has 148 valence electrons. The molecule has 0 fully saturated rings. The number of nitrogens with zero attached hydrogens (tertiary/aromatic N) is 2. The maximum Gasteiger partial charge on any atom is 0.322 e. The third-order valence-corrected chi connectivity index (χ3v) is 4.09. The highest BCUT2D eigenvalue weighted by Crippen LogP contribution is 2.22. The molecule has 0 aliphatic heterocycles. The predicted octanol–water partition coefficient (Wildman–Crippen LogP) is 0.380. The van der Waals surface area contributed by atoms with E-state index in [2.05, 4.69) is 15.7 Å². The first kappa shape index (κ1) is 19.7. The number of aromatic nitrogens is 2. The van der Waals surface area contributed by atoms with Gasteiger partial charge in [0.25, 0.3) is 5.56 Å². The van der Waals surface area contributed by atoms with Crippen LogP contribution in [0.4, 0.5) is 0 Å². The molecule has 0 saturated carbocycles. The molecule has 0 aliphatic rings. The van der Waals surface area contributed by atoms with Crippen LogP contribution in [0.15, 0.2) is 59.4 Å². The van der Waals surface area contributed by atoms with Crippen LogP contribution in [0, 0.1) is 0 Å². The summed E-state index contributed by atoms with van der Waals surface area (Å²) >= 11 is 0. The van der Waals surface area contributed by atoms with Crippen molar-refractivity contribution in [2.75, 3.05) is 13.1 Å². The summed E-state index contributed by atoms with van der Waals surface area (Å²) in [6.45, 7) is -1.30. The quantitative estimate of drug-likeness (QED) is 0.531. The van der Waals surface area contributed by atoms with E-state index in [1.54, 1.807) is 6.07 Å². The van der Waals surface area contributed by atoms with Crippen molar-refractivity contribution >= 4 is 28.6 Å². The van der Waals surface area contributed by atoms with E-state index in [4.69, 9.17) is 5.11 Å². The summed E-state index contributed by atoms with van der Waals surface area (Å²) in [7, 11) is 0. The van der Waals surface area contributed by atoms with Crippen molar-refractivity contribution in [3.05, 3.63) is 65.0 Å². The van der Waals surface area contributed by atoms with E-state index in [0.717, 1.165) is 21.0 Å². The van der Waals surface area contributed by atoms with Crippen molar-refractivity contribution in [2.24, 2.45) is 0 Å². The van der Waals surface area contributed by atoms with Gasteiger partial charge < -0.3 is 15.7 Å². The molecule has 1 aromatic heterocycles. The van der Waals surface area contributed by atoms with Crippen molar-refractivity contribution < 1.29 is 19.5 Å². The highest BCUT2D eigenvalue weighted by atomic mass is 16.4. The van der Waals surface area contributed by atoms with Gasteiger partial charge in [-0.25, -0.2) is 4.68 Å². The number of hydrogen-bond donors (Lipinski definition) is 3.